The van der Waals surface area contributed by atoms with Crippen molar-refractivity contribution in [2.24, 2.45) is 0 Å². The molecule has 0 aliphatic carbocycles. The van der Waals surface area contributed by atoms with Crippen LogP contribution in [0.4, 0.5) is 4.39 Å². The van der Waals surface area contributed by atoms with E-state index in [0.717, 1.165) is 30.0 Å². The Labute approximate surface area is 160 Å². The van der Waals surface area contributed by atoms with E-state index in [4.69, 9.17) is 18.3 Å². The number of furan rings is 1. The van der Waals surface area contributed by atoms with Crippen molar-refractivity contribution in [1.82, 2.24) is 0 Å². The number of fused-ring (bicyclic) bond motifs is 2. The summed E-state index contributed by atoms with van der Waals surface area (Å²) < 4.78 is 35.1. The highest BCUT2D eigenvalue weighted by molar-refractivity contribution is 6.01. The Bertz CT molecular complexity index is 1130. The Morgan fingerprint density at radius 1 is 0.821 bits per heavy atom. The Morgan fingerprint density at radius 3 is 2.39 bits per heavy atom. The van der Waals surface area contributed by atoms with Crippen molar-refractivity contribution in [3.05, 3.63) is 71.0 Å². The quantitative estimate of drug-likeness (QED) is 0.305. The molecule has 144 valence electrons. The Morgan fingerprint density at radius 2 is 1.57 bits per heavy atom. The minimum atomic E-state index is -0.412. The van der Waals surface area contributed by atoms with Gasteiger partial charge in [-0.1, -0.05) is 0 Å². The van der Waals surface area contributed by atoms with Gasteiger partial charge in [0.15, 0.2) is 0 Å². The molecule has 28 heavy (non-hydrogen) atoms. The topological polar surface area (TPSA) is 61.8 Å². The molecule has 0 spiro atoms. The van der Waals surface area contributed by atoms with Gasteiger partial charge in [0.05, 0.1) is 30.2 Å². The van der Waals surface area contributed by atoms with E-state index in [1.807, 2.05) is 6.07 Å². The van der Waals surface area contributed by atoms with Crippen LogP contribution in [0.25, 0.3) is 21.9 Å². The molecule has 4 rings (SSSR count). The third-order valence-corrected chi connectivity index (χ3v) is 4.43. The summed E-state index contributed by atoms with van der Waals surface area (Å²) >= 11 is 0. The molecule has 0 radical (unpaired) electrons. The van der Waals surface area contributed by atoms with Crippen molar-refractivity contribution >= 4 is 21.9 Å². The summed E-state index contributed by atoms with van der Waals surface area (Å²) in [7, 11) is 0. The van der Waals surface area contributed by atoms with Crippen LogP contribution in [0.2, 0.25) is 0 Å². The predicted molar refractivity (Wildman–Crippen MR) is 103 cm³/mol. The van der Waals surface area contributed by atoms with Gasteiger partial charge in [0, 0.05) is 12.1 Å². The van der Waals surface area contributed by atoms with Crippen molar-refractivity contribution in [3.8, 4) is 11.5 Å². The molecular formula is C22H19FO5. The second-order valence-corrected chi connectivity index (χ2v) is 6.42. The molecule has 0 saturated carbocycles. The SMILES string of the molecule is O=c1ccc2c(OCCCCCOc3ccc(F)cc3)c3ccoc3cc2o1. The average molecular weight is 382 g/mol. The fraction of sp³-hybridized carbons (Fsp3) is 0.227. The first-order chi connectivity index (χ1) is 13.7. The zero-order valence-electron chi connectivity index (χ0n) is 15.2. The number of halogens is 1. The van der Waals surface area contributed by atoms with Gasteiger partial charge < -0.3 is 18.3 Å². The highest BCUT2D eigenvalue weighted by Gasteiger charge is 2.13. The lowest BCUT2D eigenvalue weighted by Gasteiger charge is -2.10. The minimum absolute atomic E-state index is 0.274. The van der Waals surface area contributed by atoms with Gasteiger partial charge in [0.1, 0.15) is 28.5 Å². The zero-order chi connectivity index (χ0) is 19.3. The van der Waals surface area contributed by atoms with Gasteiger partial charge in [0.2, 0.25) is 0 Å². The molecule has 0 bridgehead atoms. The Balaban J connectivity index is 1.32. The molecule has 2 aromatic carbocycles. The first kappa shape index (κ1) is 18.1. The van der Waals surface area contributed by atoms with Crippen LogP contribution in [0.15, 0.2) is 68.4 Å². The average Bonchev–Trinajstić information content (AvgIpc) is 3.16. The lowest BCUT2D eigenvalue weighted by molar-refractivity contribution is 0.282. The first-order valence-corrected chi connectivity index (χ1v) is 9.16. The van der Waals surface area contributed by atoms with Crippen LogP contribution in [0.1, 0.15) is 19.3 Å². The van der Waals surface area contributed by atoms with E-state index in [9.17, 15) is 9.18 Å². The molecule has 4 aromatic rings. The van der Waals surface area contributed by atoms with Crippen molar-refractivity contribution in [1.29, 1.82) is 0 Å². The number of rotatable bonds is 8. The minimum Gasteiger partial charge on any atom is -0.494 e. The van der Waals surface area contributed by atoms with Gasteiger partial charge in [-0.25, -0.2) is 9.18 Å². The second-order valence-electron chi connectivity index (χ2n) is 6.42. The summed E-state index contributed by atoms with van der Waals surface area (Å²) in [6, 6.07) is 12.6. The predicted octanol–water partition coefficient (Wildman–Crippen LogP) is 5.31. The van der Waals surface area contributed by atoms with Crippen molar-refractivity contribution in [2.45, 2.75) is 19.3 Å². The molecule has 0 aliphatic heterocycles. The van der Waals surface area contributed by atoms with E-state index in [1.165, 1.54) is 18.2 Å². The highest BCUT2D eigenvalue weighted by Crippen LogP contribution is 2.35. The number of hydrogen-bond donors (Lipinski definition) is 0. The van der Waals surface area contributed by atoms with Gasteiger partial charge in [-0.05, 0) is 55.7 Å². The molecule has 5 nitrogen and oxygen atoms in total. The summed E-state index contributed by atoms with van der Waals surface area (Å²) in [4.78, 5) is 11.5. The van der Waals surface area contributed by atoms with Crippen LogP contribution in [0, 0.1) is 5.82 Å². The molecule has 0 saturated heterocycles. The molecule has 0 aliphatic rings. The summed E-state index contributed by atoms with van der Waals surface area (Å²) in [5.41, 5.74) is 0.646. The van der Waals surface area contributed by atoms with Gasteiger partial charge in [-0.2, -0.15) is 0 Å². The summed E-state index contributed by atoms with van der Waals surface area (Å²) in [6.07, 6.45) is 4.22. The van der Waals surface area contributed by atoms with Gasteiger partial charge in [-0.3, -0.25) is 0 Å². The van der Waals surface area contributed by atoms with Crippen molar-refractivity contribution in [2.75, 3.05) is 13.2 Å². The van der Waals surface area contributed by atoms with Crippen LogP contribution >= 0.6 is 0 Å². The van der Waals surface area contributed by atoms with Crippen LogP contribution in [-0.2, 0) is 0 Å². The first-order valence-electron chi connectivity index (χ1n) is 9.16. The maximum absolute atomic E-state index is 12.9. The smallest absolute Gasteiger partial charge is 0.336 e. The number of benzene rings is 2. The fourth-order valence-corrected chi connectivity index (χ4v) is 3.04. The van der Waals surface area contributed by atoms with Gasteiger partial charge in [-0.15, -0.1) is 0 Å². The monoisotopic (exact) mass is 382 g/mol. The van der Waals surface area contributed by atoms with Crippen LogP contribution in [-0.4, -0.2) is 13.2 Å². The third kappa shape index (κ3) is 4.01. The summed E-state index contributed by atoms with van der Waals surface area (Å²) in [6.45, 7) is 1.09. The second kappa shape index (κ2) is 8.17. The van der Waals surface area contributed by atoms with Gasteiger partial charge in [0.25, 0.3) is 0 Å². The molecule has 6 heteroatoms. The normalized spacial score (nSPS) is 11.2. The lowest BCUT2D eigenvalue weighted by atomic mass is 10.1. The van der Waals surface area contributed by atoms with Gasteiger partial charge >= 0.3 is 5.63 Å². The highest BCUT2D eigenvalue weighted by atomic mass is 19.1. The zero-order valence-corrected chi connectivity index (χ0v) is 15.2. The molecular weight excluding hydrogens is 363 g/mol. The molecule has 0 atom stereocenters. The molecule has 0 amide bonds. The molecule has 0 fully saturated rings. The van der Waals surface area contributed by atoms with E-state index in [0.29, 0.717) is 35.9 Å². The van der Waals surface area contributed by atoms with E-state index in [2.05, 4.69) is 0 Å². The van der Waals surface area contributed by atoms with Crippen molar-refractivity contribution < 1.29 is 22.7 Å². The summed E-state index contributed by atoms with van der Waals surface area (Å²) in [5.74, 6) is 1.05. The Kier molecular flexibility index (Phi) is 5.28. The standard InChI is InChI=1S/C22H19FO5/c23-15-4-6-16(7-5-15)25-11-2-1-3-12-27-22-17-8-9-21(24)28-20(17)14-19-18(22)10-13-26-19/h4-10,13-14H,1-3,11-12H2. The van der Waals surface area contributed by atoms with Crippen LogP contribution in [0.3, 0.4) is 0 Å². The summed E-state index contributed by atoms with van der Waals surface area (Å²) in [5, 5.41) is 1.59. The van der Waals surface area contributed by atoms with Crippen LogP contribution < -0.4 is 15.1 Å². The molecule has 2 heterocycles. The van der Waals surface area contributed by atoms with Crippen molar-refractivity contribution in [3.63, 3.8) is 0 Å². The van der Waals surface area contributed by atoms with E-state index >= 15 is 0 Å². The fourth-order valence-electron chi connectivity index (χ4n) is 3.04. The van der Waals surface area contributed by atoms with Crippen LogP contribution in [0.5, 0.6) is 11.5 Å². The molecule has 0 unspecified atom stereocenters. The lowest BCUT2D eigenvalue weighted by Crippen LogP contribution is -2.02. The molecule has 2 aromatic heterocycles. The third-order valence-electron chi connectivity index (χ3n) is 4.43. The Hall–Kier alpha value is -3.28. The van der Waals surface area contributed by atoms with E-state index < -0.39 is 5.63 Å². The molecule has 0 N–H and O–H groups in total. The van der Waals surface area contributed by atoms with E-state index in [1.54, 1.807) is 30.5 Å². The maximum atomic E-state index is 12.9. The number of hydrogen-bond acceptors (Lipinski definition) is 5. The number of ether oxygens (including phenoxy) is 2. The maximum Gasteiger partial charge on any atom is 0.336 e. The number of unbranched alkanes of at least 4 members (excludes halogenated alkanes) is 2. The van der Waals surface area contributed by atoms with E-state index in [-0.39, 0.29) is 5.82 Å². The largest absolute Gasteiger partial charge is 0.494 e.